The quantitative estimate of drug-likeness (QED) is 0.794. The van der Waals surface area contributed by atoms with Crippen LogP contribution in [0.1, 0.15) is 25.0 Å². The van der Waals surface area contributed by atoms with Crippen LogP contribution in [0.2, 0.25) is 0 Å². The number of anilines is 1. The molecular formula is C13H17NO2. The van der Waals surface area contributed by atoms with E-state index in [0.29, 0.717) is 0 Å². The van der Waals surface area contributed by atoms with Crippen LogP contribution in [0.5, 0.6) is 0 Å². The zero-order valence-electron chi connectivity index (χ0n) is 10.1. The number of carbonyl (C=O) groups excluding carboxylic acids is 2. The van der Waals surface area contributed by atoms with Gasteiger partial charge in [0.2, 0.25) is 5.91 Å². The molecule has 3 heteroatoms. The number of aryl methyl sites for hydroxylation is 2. The zero-order chi connectivity index (χ0) is 12.3. The smallest absolute Gasteiger partial charge is 0.234 e. The van der Waals surface area contributed by atoms with Gasteiger partial charge in [0.15, 0.2) is 0 Å². The number of Topliss-reactive ketones (excluding diaryl/α,β-unsaturated/α-hetero) is 1. The van der Waals surface area contributed by atoms with Crippen molar-refractivity contribution in [3.05, 3.63) is 29.3 Å². The van der Waals surface area contributed by atoms with E-state index in [2.05, 4.69) is 5.32 Å². The Hall–Kier alpha value is -1.64. The lowest BCUT2D eigenvalue weighted by molar-refractivity contribution is -0.129. The average molecular weight is 219 g/mol. The summed E-state index contributed by atoms with van der Waals surface area (Å²) in [7, 11) is 0. The molecule has 1 atom stereocenters. The summed E-state index contributed by atoms with van der Waals surface area (Å²) in [6.07, 6.45) is 0. The fourth-order valence-electron chi connectivity index (χ4n) is 1.38. The highest BCUT2D eigenvalue weighted by Crippen LogP contribution is 2.16. The summed E-state index contributed by atoms with van der Waals surface area (Å²) in [4.78, 5) is 22.7. The lowest BCUT2D eigenvalue weighted by Gasteiger charge is -2.11. The largest absolute Gasteiger partial charge is 0.325 e. The maximum atomic E-state index is 11.7. The molecule has 1 aromatic rings. The first-order chi connectivity index (χ1) is 7.41. The topological polar surface area (TPSA) is 46.2 Å². The van der Waals surface area contributed by atoms with Crippen molar-refractivity contribution >= 4 is 17.4 Å². The Morgan fingerprint density at radius 3 is 2.38 bits per heavy atom. The molecule has 0 aliphatic carbocycles. The molecule has 0 bridgehead atoms. The SMILES string of the molecule is CC(=O)C(C)C(=O)Nc1ccc(C)cc1C. The minimum absolute atomic E-state index is 0.123. The van der Waals surface area contributed by atoms with E-state index < -0.39 is 5.92 Å². The van der Waals surface area contributed by atoms with Crippen LogP contribution in [0.3, 0.4) is 0 Å². The van der Waals surface area contributed by atoms with Gasteiger partial charge >= 0.3 is 0 Å². The third-order valence-electron chi connectivity index (χ3n) is 2.64. The van der Waals surface area contributed by atoms with Gasteiger partial charge in [-0.2, -0.15) is 0 Å². The highest BCUT2D eigenvalue weighted by molar-refractivity contribution is 6.06. The maximum Gasteiger partial charge on any atom is 0.234 e. The van der Waals surface area contributed by atoms with E-state index >= 15 is 0 Å². The molecule has 0 saturated carbocycles. The molecule has 0 aromatic heterocycles. The zero-order valence-corrected chi connectivity index (χ0v) is 10.1. The van der Waals surface area contributed by atoms with Gasteiger partial charge in [-0.15, -0.1) is 0 Å². The van der Waals surface area contributed by atoms with Crippen LogP contribution in [0.4, 0.5) is 5.69 Å². The van der Waals surface area contributed by atoms with Crippen molar-refractivity contribution in [1.29, 1.82) is 0 Å². The van der Waals surface area contributed by atoms with E-state index in [1.165, 1.54) is 6.92 Å². The first kappa shape index (κ1) is 12.4. The molecule has 0 fully saturated rings. The molecular weight excluding hydrogens is 202 g/mol. The summed E-state index contributed by atoms with van der Waals surface area (Å²) in [5, 5.41) is 2.76. The summed E-state index contributed by atoms with van der Waals surface area (Å²) in [5.74, 6) is -0.970. The van der Waals surface area contributed by atoms with Crippen LogP contribution < -0.4 is 5.32 Å². The van der Waals surface area contributed by atoms with Crippen molar-refractivity contribution in [3.63, 3.8) is 0 Å². The lowest BCUT2D eigenvalue weighted by Crippen LogP contribution is -2.25. The fourth-order valence-corrected chi connectivity index (χ4v) is 1.38. The van der Waals surface area contributed by atoms with E-state index in [0.717, 1.165) is 16.8 Å². The van der Waals surface area contributed by atoms with Gasteiger partial charge < -0.3 is 5.32 Å². The number of amides is 1. The molecule has 16 heavy (non-hydrogen) atoms. The standard InChI is InChI=1S/C13H17NO2/c1-8-5-6-12(9(2)7-8)14-13(16)10(3)11(4)15/h5-7,10H,1-4H3,(H,14,16). The molecule has 1 aromatic carbocycles. The van der Waals surface area contributed by atoms with Gasteiger partial charge in [0.25, 0.3) is 0 Å². The Bertz CT molecular complexity index is 424. The predicted molar refractivity (Wildman–Crippen MR) is 64.4 cm³/mol. The molecule has 1 rings (SSSR count). The van der Waals surface area contributed by atoms with E-state index in [4.69, 9.17) is 0 Å². The van der Waals surface area contributed by atoms with E-state index in [1.54, 1.807) is 6.92 Å². The average Bonchev–Trinajstić information content (AvgIpc) is 2.20. The third-order valence-corrected chi connectivity index (χ3v) is 2.64. The van der Waals surface area contributed by atoms with Crippen LogP contribution in [-0.4, -0.2) is 11.7 Å². The number of nitrogens with one attached hydrogen (secondary N) is 1. The van der Waals surface area contributed by atoms with Crippen LogP contribution in [-0.2, 0) is 9.59 Å². The molecule has 86 valence electrons. The molecule has 3 nitrogen and oxygen atoms in total. The number of carbonyl (C=O) groups is 2. The predicted octanol–water partition coefficient (Wildman–Crippen LogP) is 2.47. The number of hydrogen-bond donors (Lipinski definition) is 1. The number of rotatable bonds is 3. The normalized spacial score (nSPS) is 12.0. The first-order valence-corrected chi connectivity index (χ1v) is 5.30. The van der Waals surface area contributed by atoms with Crippen molar-refractivity contribution in [2.45, 2.75) is 27.7 Å². The molecule has 0 saturated heterocycles. The first-order valence-electron chi connectivity index (χ1n) is 5.30. The van der Waals surface area contributed by atoms with Crippen molar-refractivity contribution in [3.8, 4) is 0 Å². The highest BCUT2D eigenvalue weighted by Gasteiger charge is 2.17. The Balaban J connectivity index is 2.81. The Morgan fingerprint density at radius 1 is 1.25 bits per heavy atom. The Labute approximate surface area is 95.9 Å². The van der Waals surface area contributed by atoms with Gasteiger partial charge in [-0.3, -0.25) is 9.59 Å². The van der Waals surface area contributed by atoms with E-state index in [1.807, 2.05) is 32.0 Å². The van der Waals surface area contributed by atoms with Crippen LogP contribution in [0.25, 0.3) is 0 Å². The second kappa shape index (κ2) is 4.92. The second-order valence-corrected chi connectivity index (χ2v) is 4.14. The van der Waals surface area contributed by atoms with Gasteiger partial charge in [0.1, 0.15) is 5.78 Å². The molecule has 0 aliphatic heterocycles. The van der Waals surface area contributed by atoms with E-state index in [-0.39, 0.29) is 11.7 Å². The number of benzene rings is 1. The summed E-state index contributed by atoms with van der Waals surface area (Å²) in [5.41, 5.74) is 2.92. The second-order valence-electron chi connectivity index (χ2n) is 4.14. The van der Waals surface area contributed by atoms with Crippen LogP contribution >= 0.6 is 0 Å². The Morgan fingerprint density at radius 2 is 1.88 bits per heavy atom. The number of hydrogen-bond acceptors (Lipinski definition) is 2. The molecule has 0 aliphatic rings. The monoisotopic (exact) mass is 219 g/mol. The maximum absolute atomic E-state index is 11.7. The van der Waals surface area contributed by atoms with Crippen molar-refractivity contribution in [1.82, 2.24) is 0 Å². The molecule has 0 heterocycles. The minimum atomic E-state index is -0.597. The van der Waals surface area contributed by atoms with E-state index in [9.17, 15) is 9.59 Å². The highest BCUT2D eigenvalue weighted by atomic mass is 16.2. The summed E-state index contributed by atoms with van der Waals surface area (Å²) in [6.45, 7) is 6.96. The molecule has 1 unspecified atom stereocenters. The summed E-state index contributed by atoms with van der Waals surface area (Å²) in [6, 6.07) is 5.78. The van der Waals surface area contributed by atoms with Gasteiger partial charge in [0, 0.05) is 5.69 Å². The van der Waals surface area contributed by atoms with Crippen molar-refractivity contribution in [2.24, 2.45) is 5.92 Å². The van der Waals surface area contributed by atoms with Crippen molar-refractivity contribution < 1.29 is 9.59 Å². The minimum Gasteiger partial charge on any atom is -0.325 e. The lowest BCUT2D eigenvalue weighted by atomic mass is 10.1. The fraction of sp³-hybridized carbons (Fsp3) is 0.385. The van der Waals surface area contributed by atoms with Gasteiger partial charge in [-0.05, 0) is 39.3 Å². The number of ketones is 1. The van der Waals surface area contributed by atoms with Gasteiger partial charge in [-0.25, -0.2) is 0 Å². The molecule has 0 radical (unpaired) electrons. The van der Waals surface area contributed by atoms with Gasteiger partial charge in [-0.1, -0.05) is 17.7 Å². The molecule has 1 amide bonds. The Kier molecular flexibility index (Phi) is 3.82. The summed E-state index contributed by atoms with van der Waals surface area (Å²) < 4.78 is 0. The van der Waals surface area contributed by atoms with Crippen LogP contribution in [0.15, 0.2) is 18.2 Å². The molecule has 1 N–H and O–H groups in total. The van der Waals surface area contributed by atoms with Gasteiger partial charge in [0.05, 0.1) is 5.92 Å². The third kappa shape index (κ3) is 2.92. The molecule has 0 spiro atoms. The van der Waals surface area contributed by atoms with Crippen LogP contribution in [0, 0.1) is 19.8 Å². The van der Waals surface area contributed by atoms with Crippen molar-refractivity contribution in [2.75, 3.05) is 5.32 Å². The summed E-state index contributed by atoms with van der Waals surface area (Å²) >= 11 is 0.